The first-order valence-corrected chi connectivity index (χ1v) is 4.98. The van der Waals surface area contributed by atoms with Crippen LogP contribution >= 0.6 is 0 Å². The molecule has 3 heteroatoms. The van der Waals surface area contributed by atoms with Crippen LogP contribution in [0.5, 0.6) is 0 Å². The Hall–Kier alpha value is -1.12. The van der Waals surface area contributed by atoms with Gasteiger partial charge < -0.3 is 4.74 Å². The van der Waals surface area contributed by atoms with E-state index in [4.69, 9.17) is 4.74 Å². The second-order valence-electron chi connectivity index (χ2n) is 3.71. The van der Waals surface area contributed by atoms with E-state index in [9.17, 15) is 9.59 Å². The highest BCUT2D eigenvalue weighted by Crippen LogP contribution is 2.18. The normalized spacial score (nSPS) is 20.5. The predicted octanol–water partition coefficient (Wildman–Crippen LogP) is 1.86. The van der Waals surface area contributed by atoms with Crippen molar-refractivity contribution in [2.24, 2.45) is 5.92 Å². The zero-order valence-corrected chi connectivity index (χ0v) is 8.49. The molecule has 0 aromatic carbocycles. The zero-order valence-electron chi connectivity index (χ0n) is 8.49. The lowest BCUT2D eigenvalue weighted by Crippen LogP contribution is -2.16. The van der Waals surface area contributed by atoms with E-state index in [0.29, 0.717) is 12.5 Å². The van der Waals surface area contributed by atoms with Gasteiger partial charge in [0, 0.05) is 0 Å². The SMILES string of the molecule is CC(=O)CC(=O)OCC1CC=CCC1. The molecule has 0 fully saturated rings. The van der Waals surface area contributed by atoms with Crippen LogP contribution in [-0.2, 0) is 14.3 Å². The Balaban J connectivity index is 2.16. The number of Topliss-reactive ketones (excluding diaryl/α,β-unsaturated/α-hetero) is 1. The van der Waals surface area contributed by atoms with Crippen molar-refractivity contribution in [3.05, 3.63) is 12.2 Å². The summed E-state index contributed by atoms with van der Waals surface area (Å²) in [6, 6.07) is 0. The third-order valence-electron chi connectivity index (χ3n) is 2.25. The highest BCUT2D eigenvalue weighted by molar-refractivity contribution is 5.94. The van der Waals surface area contributed by atoms with Crippen LogP contribution in [0.3, 0.4) is 0 Å². The fourth-order valence-corrected chi connectivity index (χ4v) is 1.47. The monoisotopic (exact) mass is 196 g/mol. The molecular weight excluding hydrogens is 180 g/mol. The van der Waals surface area contributed by atoms with E-state index < -0.39 is 5.97 Å². The summed E-state index contributed by atoms with van der Waals surface area (Å²) < 4.78 is 5.00. The van der Waals surface area contributed by atoms with Crippen LogP contribution < -0.4 is 0 Å². The van der Waals surface area contributed by atoms with Crippen LogP contribution in [0.4, 0.5) is 0 Å². The van der Waals surface area contributed by atoms with Crippen LogP contribution in [0.25, 0.3) is 0 Å². The minimum absolute atomic E-state index is 0.0947. The lowest BCUT2D eigenvalue weighted by molar-refractivity contribution is -0.147. The van der Waals surface area contributed by atoms with Gasteiger partial charge >= 0.3 is 5.97 Å². The molecule has 0 spiro atoms. The molecule has 3 nitrogen and oxygen atoms in total. The number of hydrogen-bond donors (Lipinski definition) is 0. The predicted molar refractivity (Wildman–Crippen MR) is 52.7 cm³/mol. The quantitative estimate of drug-likeness (QED) is 0.391. The highest BCUT2D eigenvalue weighted by atomic mass is 16.5. The van der Waals surface area contributed by atoms with Crippen LogP contribution in [-0.4, -0.2) is 18.4 Å². The summed E-state index contributed by atoms with van der Waals surface area (Å²) in [6.45, 7) is 1.85. The van der Waals surface area contributed by atoms with Crippen molar-refractivity contribution in [2.75, 3.05) is 6.61 Å². The molecule has 1 unspecified atom stereocenters. The molecule has 0 saturated carbocycles. The third-order valence-corrected chi connectivity index (χ3v) is 2.25. The molecule has 0 saturated heterocycles. The van der Waals surface area contributed by atoms with Gasteiger partial charge in [-0.25, -0.2) is 0 Å². The number of carbonyl (C=O) groups excluding carboxylic acids is 2. The fourth-order valence-electron chi connectivity index (χ4n) is 1.47. The molecule has 0 aromatic heterocycles. The smallest absolute Gasteiger partial charge is 0.313 e. The van der Waals surface area contributed by atoms with Crippen molar-refractivity contribution in [3.8, 4) is 0 Å². The van der Waals surface area contributed by atoms with Gasteiger partial charge in [0.2, 0.25) is 0 Å². The minimum atomic E-state index is -0.396. The lowest BCUT2D eigenvalue weighted by Gasteiger charge is -2.17. The molecule has 1 aliphatic carbocycles. The van der Waals surface area contributed by atoms with E-state index in [1.165, 1.54) is 6.92 Å². The van der Waals surface area contributed by atoms with E-state index in [2.05, 4.69) is 12.2 Å². The molecule has 1 rings (SSSR count). The Morgan fingerprint density at radius 3 is 2.79 bits per heavy atom. The van der Waals surface area contributed by atoms with Gasteiger partial charge in [0.25, 0.3) is 0 Å². The van der Waals surface area contributed by atoms with Gasteiger partial charge in [-0.1, -0.05) is 12.2 Å². The molecule has 1 aliphatic rings. The molecule has 0 aromatic rings. The summed E-state index contributed by atoms with van der Waals surface area (Å²) in [6.07, 6.45) is 7.29. The third kappa shape index (κ3) is 4.21. The summed E-state index contributed by atoms with van der Waals surface area (Å²) in [4.78, 5) is 21.6. The second-order valence-corrected chi connectivity index (χ2v) is 3.71. The van der Waals surface area contributed by atoms with Crippen molar-refractivity contribution in [1.29, 1.82) is 0 Å². The number of allylic oxidation sites excluding steroid dienone is 2. The first-order chi connectivity index (χ1) is 6.68. The van der Waals surface area contributed by atoms with Gasteiger partial charge in [0.1, 0.15) is 12.2 Å². The van der Waals surface area contributed by atoms with E-state index >= 15 is 0 Å². The Morgan fingerprint density at radius 2 is 2.21 bits per heavy atom. The summed E-state index contributed by atoms with van der Waals surface area (Å²) in [5.41, 5.74) is 0. The molecular formula is C11H16O3. The van der Waals surface area contributed by atoms with Crippen LogP contribution in [0.2, 0.25) is 0 Å². The molecule has 14 heavy (non-hydrogen) atoms. The highest BCUT2D eigenvalue weighted by Gasteiger charge is 2.13. The second kappa shape index (κ2) is 5.58. The van der Waals surface area contributed by atoms with Crippen molar-refractivity contribution in [1.82, 2.24) is 0 Å². The summed E-state index contributed by atoms with van der Waals surface area (Å²) in [7, 11) is 0. The van der Waals surface area contributed by atoms with Crippen molar-refractivity contribution < 1.29 is 14.3 Å². The Kier molecular flexibility index (Phi) is 4.36. The van der Waals surface area contributed by atoms with Gasteiger partial charge in [0.15, 0.2) is 0 Å². The molecule has 1 atom stereocenters. The maximum absolute atomic E-state index is 11.0. The molecule has 0 radical (unpaired) electrons. The molecule has 78 valence electrons. The maximum Gasteiger partial charge on any atom is 0.313 e. The number of hydrogen-bond acceptors (Lipinski definition) is 3. The van der Waals surface area contributed by atoms with E-state index in [1.54, 1.807) is 0 Å². The van der Waals surface area contributed by atoms with E-state index in [-0.39, 0.29) is 12.2 Å². The molecule has 0 amide bonds. The average Bonchev–Trinajstić information content (AvgIpc) is 2.15. The molecule has 0 heterocycles. The molecule has 0 aliphatic heterocycles. The van der Waals surface area contributed by atoms with Crippen LogP contribution in [0.1, 0.15) is 32.6 Å². The van der Waals surface area contributed by atoms with Crippen LogP contribution in [0.15, 0.2) is 12.2 Å². The van der Waals surface area contributed by atoms with Gasteiger partial charge in [-0.3, -0.25) is 9.59 Å². The molecule has 0 N–H and O–H groups in total. The fraction of sp³-hybridized carbons (Fsp3) is 0.636. The number of carbonyl (C=O) groups is 2. The minimum Gasteiger partial charge on any atom is -0.465 e. The summed E-state index contributed by atoms with van der Waals surface area (Å²) >= 11 is 0. The lowest BCUT2D eigenvalue weighted by atomic mass is 9.95. The standard InChI is InChI=1S/C11H16O3/c1-9(12)7-11(13)14-8-10-5-3-2-4-6-10/h2-3,10H,4-8H2,1H3. The van der Waals surface area contributed by atoms with Crippen molar-refractivity contribution in [2.45, 2.75) is 32.6 Å². The average molecular weight is 196 g/mol. The first-order valence-electron chi connectivity index (χ1n) is 4.98. The zero-order chi connectivity index (χ0) is 10.4. The van der Waals surface area contributed by atoms with E-state index in [1.807, 2.05) is 0 Å². The number of ether oxygens (including phenoxy) is 1. The maximum atomic E-state index is 11.0. The first kappa shape index (κ1) is 11.0. The van der Waals surface area contributed by atoms with E-state index in [0.717, 1.165) is 19.3 Å². The number of ketones is 1. The summed E-state index contributed by atoms with van der Waals surface area (Å²) in [5.74, 6) is -0.0958. The van der Waals surface area contributed by atoms with Gasteiger partial charge in [-0.2, -0.15) is 0 Å². The van der Waals surface area contributed by atoms with Crippen molar-refractivity contribution in [3.63, 3.8) is 0 Å². The Morgan fingerprint density at radius 1 is 1.43 bits per heavy atom. The Bertz CT molecular complexity index is 243. The molecule has 0 bridgehead atoms. The van der Waals surface area contributed by atoms with Gasteiger partial charge in [-0.15, -0.1) is 0 Å². The topological polar surface area (TPSA) is 43.4 Å². The van der Waals surface area contributed by atoms with Gasteiger partial charge in [-0.05, 0) is 32.1 Å². The number of esters is 1. The van der Waals surface area contributed by atoms with Crippen LogP contribution in [0, 0.1) is 5.92 Å². The number of rotatable bonds is 4. The largest absolute Gasteiger partial charge is 0.465 e. The Labute approximate surface area is 84.1 Å². The van der Waals surface area contributed by atoms with Gasteiger partial charge in [0.05, 0.1) is 6.61 Å². The summed E-state index contributed by atoms with van der Waals surface area (Å²) in [5, 5.41) is 0. The van der Waals surface area contributed by atoms with Crippen molar-refractivity contribution >= 4 is 11.8 Å².